The molecule has 0 heterocycles. The standard InChI is InChI=1S/C14H17NO5/c1-18-10-5-9(13(15)16)6-11(7-10)20-12(8-3-4-8)14(17)19-2/h5-8,12H,3-4H2,1-2H3,(H2,15,16). The molecule has 0 radical (unpaired) electrons. The van der Waals surface area contributed by atoms with E-state index in [1.165, 1.54) is 26.4 Å². The van der Waals surface area contributed by atoms with Crippen LogP contribution >= 0.6 is 0 Å². The highest BCUT2D eigenvalue weighted by Gasteiger charge is 2.39. The molecule has 1 fully saturated rings. The van der Waals surface area contributed by atoms with Gasteiger partial charge in [-0.3, -0.25) is 4.79 Å². The number of ether oxygens (including phenoxy) is 3. The zero-order valence-corrected chi connectivity index (χ0v) is 11.4. The smallest absolute Gasteiger partial charge is 0.347 e. The molecule has 0 bridgehead atoms. The summed E-state index contributed by atoms with van der Waals surface area (Å²) in [4.78, 5) is 23.0. The molecule has 20 heavy (non-hydrogen) atoms. The van der Waals surface area contributed by atoms with E-state index in [9.17, 15) is 9.59 Å². The number of nitrogens with two attached hydrogens (primary N) is 1. The normalized spacial score (nSPS) is 15.3. The summed E-state index contributed by atoms with van der Waals surface area (Å²) in [5.41, 5.74) is 5.52. The number of primary amides is 1. The molecular weight excluding hydrogens is 262 g/mol. The van der Waals surface area contributed by atoms with Gasteiger partial charge >= 0.3 is 5.97 Å². The maximum absolute atomic E-state index is 11.7. The fourth-order valence-corrected chi connectivity index (χ4v) is 1.90. The maximum atomic E-state index is 11.7. The molecule has 6 heteroatoms. The number of rotatable bonds is 6. The van der Waals surface area contributed by atoms with Crippen LogP contribution in [0.4, 0.5) is 0 Å². The molecule has 2 N–H and O–H groups in total. The van der Waals surface area contributed by atoms with E-state index in [2.05, 4.69) is 0 Å². The van der Waals surface area contributed by atoms with Gasteiger partial charge in [-0.2, -0.15) is 0 Å². The topological polar surface area (TPSA) is 87.8 Å². The summed E-state index contributed by atoms with van der Waals surface area (Å²) >= 11 is 0. The first kappa shape index (κ1) is 14.2. The summed E-state index contributed by atoms with van der Waals surface area (Å²) < 4.78 is 15.5. The van der Waals surface area contributed by atoms with Crippen molar-refractivity contribution >= 4 is 11.9 Å². The lowest BCUT2D eigenvalue weighted by Gasteiger charge is -2.17. The van der Waals surface area contributed by atoms with Crippen molar-refractivity contribution in [1.82, 2.24) is 0 Å². The Bertz CT molecular complexity index is 524. The minimum Gasteiger partial charge on any atom is -0.497 e. The summed E-state index contributed by atoms with van der Waals surface area (Å²) in [7, 11) is 2.80. The highest BCUT2D eigenvalue weighted by atomic mass is 16.6. The van der Waals surface area contributed by atoms with Crippen molar-refractivity contribution in [3.8, 4) is 11.5 Å². The largest absolute Gasteiger partial charge is 0.497 e. The summed E-state index contributed by atoms with van der Waals surface area (Å²) in [6.07, 6.45) is 1.19. The summed E-state index contributed by atoms with van der Waals surface area (Å²) in [5, 5.41) is 0. The highest BCUT2D eigenvalue weighted by molar-refractivity contribution is 5.93. The average molecular weight is 279 g/mol. The number of hydrogen-bond donors (Lipinski definition) is 1. The van der Waals surface area contributed by atoms with E-state index in [0.717, 1.165) is 12.8 Å². The minimum absolute atomic E-state index is 0.158. The van der Waals surface area contributed by atoms with Crippen LogP contribution in [0.1, 0.15) is 23.2 Å². The molecular formula is C14H17NO5. The Balaban J connectivity index is 2.24. The second-order valence-electron chi connectivity index (χ2n) is 4.66. The highest BCUT2D eigenvalue weighted by Crippen LogP contribution is 2.36. The van der Waals surface area contributed by atoms with Crippen molar-refractivity contribution in [1.29, 1.82) is 0 Å². The fourth-order valence-electron chi connectivity index (χ4n) is 1.90. The van der Waals surface area contributed by atoms with Gasteiger partial charge in [-0.05, 0) is 25.0 Å². The van der Waals surface area contributed by atoms with Gasteiger partial charge < -0.3 is 19.9 Å². The summed E-state index contributed by atoms with van der Waals surface area (Å²) in [5.74, 6) is -0.0485. The lowest BCUT2D eigenvalue weighted by atomic mass is 10.2. The van der Waals surface area contributed by atoms with E-state index in [0.29, 0.717) is 11.5 Å². The molecule has 1 aromatic carbocycles. The monoisotopic (exact) mass is 279 g/mol. The van der Waals surface area contributed by atoms with E-state index in [4.69, 9.17) is 19.9 Å². The van der Waals surface area contributed by atoms with E-state index in [1.54, 1.807) is 6.07 Å². The number of carbonyl (C=O) groups is 2. The van der Waals surface area contributed by atoms with Crippen LogP contribution in [-0.4, -0.2) is 32.2 Å². The molecule has 1 unspecified atom stereocenters. The Kier molecular flexibility index (Phi) is 4.12. The molecule has 0 aromatic heterocycles. The van der Waals surface area contributed by atoms with E-state index < -0.39 is 18.0 Å². The molecule has 6 nitrogen and oxygen atoms in total. The first-order chi connectivity index (χ1) is 9.55. The predicted octanol–water partition coefficient (Wildman–Crippen LogP) is 1.12. The molecule has 1 aromatic rings. The van der Waals surface area contributed by atoms with Crippen LogP contribution in [0.15, 0.2) is 18.2 Å². The van der Waals surface area contributed by atoms with E-state index in [1.807, 2.05) is 0 Å². The Hall–Kier alpha value is -2.24. The number of hydrogen-bond acceptors (Lipinski definition) is 5. The first-order valence-corrected chi connectivity index (χ1v) is 6.28. The number of benzene rings is 1. The second kappa shape index (κ2) is 5.81. The van der Waals surface area contributed by atoms with Crippen molar-refractivity contribution in [3.05, 3.63) is 23.8 Å². The van der Waals surface area contributed by atoms with Crippen molar-refractivity contribution < 1.29 is 23.8 Å². The molecule has 1 aliphatic rings. The Morgan fingerprint density at radius 1 is 1.20 bits per heavy atom. The maximum Gasteiger partial charge on any atom is 0.347 e. The Labute approximate surface area is 116 Å². The quantitative estimate of drug-likeness (QED) is 0.788. The SMILES string of the molecule is COC(=O)C(Oc1cc(OC)cc(C(N)=O)c1)C1CC1. The molecule has 0 saturated heterocycles. The molecule has 108 valence electrons. The number of carbonyl (C=O) groups excluding carboxylic acids is 2. The zero-order valence-electron chi connectivity index (χ0n) is 11.4. The van der Waals surface area contributed by atoms with Crippen molar-refractivity contribution in [2.24, 2.45) is 11.7 Å². The van der Waals surface area contributed by atoms with Crippen LogP contribution in [0.5, 0.6) is 11.5 Å². The Morgan fingerprint density at radius 3 is 2.35 bits per heavy atom. The van der Waals surface area contributed by atoms with Crippen LogP contribution in [0, 0.1) is 5.92 Å². The fraction of sp³-hybridized carbons (Fsp3) is 0.429. The van der Waals surface area contributed by atoms with Gasteiger partial charge in [-0.25, -0.2) is 4.79 Å². The average Bonchev–Trinajstić information content (AvgIpc) is 3.28. The van der Waals surface area contributed by atoms with E-state index >= 15 is 0 Å². The molecule has 0 aliphatic heterocycles. The van der Waals surface area contributed by atoms with Gasteiger partial charge in [0.1, 0.15) is 11.5 Å². The van der Waals surface area contributed by atoms with Gasteiger partial charge in [-0.15, -0.1) is 0 Å². The number of amides is 1. The van der Waals surface area contributed by atoms with Crippen LogP contribution in [-0.2, 0) is 9.53 Å². The Morgan fingerprint density at radius 2 is 1.85 bits per heavy atom. The van der Waals surface area contributed by atoms with E-state index in [-0.39, 0.29) is 11.5 Å². The molecule has 1 aliphatic carbocycles. The minimum atomic E-state index is -0.659. The predicted molar refractivity (Wildman–Crippen MR) is 70.7 cm³/mol. The third-order valence-electron chi connectivity index (χ3n) is 3.15. The third kappa shape index (κ3) is 3.20. The number of esters is 1. The van der Waals surface area contributed by atoms with Gasteiger partial charge in [0.25, 0.3) is 0 Å². The van der Waals surface area contributed by atoms with Gasteiger partial charge in [0, 0.05) is 17.5 Å². The molecule has 1 atom stereocenters. The van der Waals surface area contributed by atoms with Crippen LogP contribution < -0.4 is 15.2 Å². The van der Waals surface area contributed by atoms with Crippen molar-refractivity contribution in [2.45, 2.75) is 18.9 Å². The van der Waals surface area contributed by atoms with Crippen molar-refractivity contribution in [2.75, 3.05) is 14.2 Å². The van der Waals surface area contributed by atoms with Gasteiger partial charge in [-0.1, -0.05) is 0 Å². The second-order valence-corrected chi connectivity index (χ2v) is 4.66. The summed E-state index contributed by atoms with van der Waals surface area (Å²) in [6, 6.07) is 4.60. The van der Waals surface area contributed by atoms with Gasteiger partial charge in [0.15, 0.2) is 6.10 Å². The molecule has 2 rings (SSSR count). The lowest BCUT2D eigenvalue weighted by molar-refractivity contribution is -0.149. The molecule has 0 spiro atoms. The third-order valence-corrected chi connectivity index (χ3v) is 3.15. The van der Waals surface area contributed by atoms with Crippen LogP contribution in [0.25, 0.3) is 0 Å². The van der Waals surface area contributed by atoms with Gasteiger partial charge in [0.05, 0.1) is 14.2 Å². The first-order valence-electron chi connectivity index (χ1n) is 6.28. The van der Waals surface area contributed by atoms with Crippen molar-refractivity contribution in [3.63, 3.8) is 0 Å². The summed E-state index contributed by atoms with van der Waals surface area (Å²) in [6.45, 7) is 0. The van der Waals surface area contributed by atoms with Crippen LogP contribution in [0.2, 0.25) is 0 Å². The number of methoxy groups -OCH3 is 2. The zero-order chi connectivity index (χ0) is 14.7. The molecule has 1 saturated carbocycles. The van der Waals surface area contributed by atoms with Crippen LogP contribution in [0.3, 0.4) is 0 Å². The molecule has 1 amide bonds. The lowest BCUT2D eigenvalue weighted by Crippen LogP contribution is -2.30. The van der Waals surface area contributed by atoms with Gasteiger partial charge in [0.2, 0.25) is 5.91 Å².